The molecule has 0 N–H and O–H groups in total. The first-order valence-electron chi connectivity index (χ1n) is 10.1. The number of hydrogen-bond donors (Lipinski definition) is 0. The molecule has 0 radical (unpaired) electrons. The minimum Gasteiger partial charge on any atom is -0.477 e. The van der Waals surface area contributed by atoms with Gasteiger partial charge in [0.1, 0.15) is 0 Å². The van der Waals surface area contributed by atoms with E-state index < -0.39 is 27.2 Å². The van der Waals surface area contributed by atoms with E-state index in [-0.39, 0.29) is 29.6 Å². The first-order valence-corrected chi connectivity index (χ1v) is 11.5. The van der Waals surface area contributed by atoms with Crippen molar-refractivity contribution in [2.24, 2.45) is 0 Å². The van der Waals surface area contributed by atoms with Crippen molar-refractivity contribution in [2.75, 3.05) is 31.1 Å². The Morgan fingerprint density at radius 1 is 1.19 bits per heavy atom. The second-order valence-corrected chi connectivity index (χ2v) is 8.98. The molecule has 9 nitrogen and oxygen atoms in total. The Bertz CT molecular complexity index is 1080. The highest BCUT2D eigenvalue weighted by Crippen LogP contribution is 2.32. The van der Waals surface area contributed by atoms with E-state index in [0.717, 1.165) is 30.2 Å². The lowest BCUT2D eigenvalue weighted by Gasteiger charge is -2.29. The molecule has 0 fully saturated rings. The molecule has 0 saturated carbocycles. The second kappa shape index (κ2) is 9.44. The molecule has 0 unspecified atom stereocenters. The molecular weight excluding hydrogens is 422 g/mol. The summed E-state index contributed by atoms with van der Waals surface area (Å²) in [5, 5.41) is 11.5. The molecule has 166 valence electrons. The maximum atomic E-state index is 12.7. The van der Waals surface area contributed by atoms with E-state index >= 15 is 0 Å². The van der Waals surface area contributed by atoms with Crippen LogP contribution in [0.5, 0.6) is 5.75 Å². The molecule has 2 aromatic rings. The maximum Gasteiger partial charge on any atom is 0.312 e. The average molecular weight is 448 g/mol. The molecule has 3 rings (SSSR count). The number of nitro groups is 1. The Labute approximate surface area is 181 Å². The van der Waals surface area contributed by atoms with Crippen LogP contribution < -0.4 is 9.64 Å². The quantitative estimate of drug-likeness (QED) is 0.454. The summed E-state index contributed by atoms with van der Waals surface area (Å²) in [6, 6.07) is 11.1. The lowest BCUT2D eigenvalue weighted by molar-refractivity contribution is -0.386. The van der Waals surface area contributed by atoms with E-state index in [0.29, 0.717) is 6.54 Å². The van der Waals surface area contributed by atoms with Gasteiger partial charge in [-0.2, -0.15) is 4.31 Å². The molecule has 0 saturated heterocycles. The minimum absolute atomic E-state index is 0.151. The summed E-state index contributed by atoms with van der Waals surface area (Å²) in [5.41, 5.74) is 1.39. The number of ether oxygens (including phenoxy) is 1. The van der Waals surface area contributed by atoms with Gasteiger partial charge in [0.05, 0.1) is 9.82 Å². The van der Waals surface area contributed by atoms with Gasteiger partial charge in [-0.05, 0) is 36.6 Å². The van der Waals surface area contributed by atoms with Gasteiger partial charge in [-0.15, -0.1) is 0 Å². The number of nitrogens with zero attached hydrogens (tertiary/aromatic N) is 3. The minimum atomic E-state index is -3.86. The smallest absolute Gasteiger partial charge is 0.312 e. The second-order valence-electron chi connectivity index (χ2n) is 7.04. The van der Waals surface area contributed by atoms with Gasteiger partial charge in [-0.25, -0.2) is 8.42 Å². The molecule has 10 heteroatoms. The molecular formula is C21H25N3O6S. The zero-order valence-electron chi connectivity index (χ0n) is 17.5. The number of hydrogen-bond acceptors (Lipinski definition) is 6. The van der Waals surface area contributed by atoms with E-state index in [4.69, 9.17) is 4.74 Å². The molecule has 2 aromatic carbocycles. The van der Waals surface area contributed by atoms with Crippen LogP contribution in [0.25, 0.3) is 0 Å². The third-order valence-corrected chi connectivity index (χ3v) is 7.28. The number of fused-ring (bicyclic) bond motifs is 1. The number of rotatable bonds is 8. The largest absolute Gasteiger partial charge is 0.477 e. The van der Waals surface area contributed by atoms with Crippen LogP contribution in [0, 0.1) is 10.1 Å². The van der Waals surface area contributed by atoms with Crippen molar-refractivity contribution in [2.45, 2.75) is 31.6 Å². The van der Waals surface area contributed by atoms with Crippen molar-refractivity contribution in [1.29, 1.82) is 0 Å². The summed E-state index contributed by atoms with van der Waals surface area (Å²) in [6.45, 7) is 4.03. The Morgan fingerprint density at radius 3 is 2.58 bits per heavy atom. The van der Waals surface area contributed by atoms with E-state index in [1.165, 1.54) is 16.4 Å². The van der Waals surface area contributed by atoms with E-state index in [2.05, 4.69) is 0 Å². The highest BCUT2D eigenvalue weighted by Gasteiger charge is 2.27. The van der Waals surface area contributed by atoms with E-state index in [9.17, 15) is 23.3 Å². The van der Waals surface area contributed by atoms with Crippen LogP contribution in [0.2, 0.25) is 0 Å². The molecule has 0 spiro atoms. The van der Waals surface area contributed by atoms with Gasteiger partial charge in [0, 0.05) is 31.4 Å². The number of nitro benzene ring substituents is 1. The fraction of sp³-hybridized carbons (Fsp3) is 0.381. The summed E-state index contributed by atoms with van der Waals surface area (Å²) in [6.07, 6.45) is 1.70. The number of amides is 1. The normalized spacial score (nSPS) is 13.7. The van der Waals surface area contributed by atoms with Crippen molar-refractivity contribution >= 4 is 27.3 Å². The maximum absolute atomic E-state index is 12.7. The van der Waals surface area contributed by atoms with Gasteiger partial charge in [-0.3, -0.25) is 14.9 Å². The van der Waals surface area contributed by atoms with Crippen molar-refractivity contribution in [3.05, 3.63) is 58.1 Å². The zero-order valence-corrected chi connectivity index (χ0v) is 18.3. The molecule has 0 aromatic heterocycles. The van der Waals surface area contributed by atoms with Gasteiger partial charge < -0.3 is 9.64 Å². The molecule has 31 heavy (non-hydrogen) atoms. The predicted molar refractivity (Wildman–Crippen MR) is 116 cm³/mol. The SMILES string of the molecule is CCN(CC)S(=O)(=O)c1ccc(OCC(=O)N2CCCc3ccccc32)c([N+](=O)[O-])c1. The van der Waals surface area contributed by atoms with Crippen LogP contribution >= 0.6 is 0 Å². The number of benzene rings is 2. The van der Waals surface area contributed by atoms with Gasteiger partial charge in [-0.1, -0.05) is 32.0 Å². The predicted octanol–water partition coefficient (Wildman–Crippen LogP) is 2.98. The Hall–Kier alpha value is -2.98. The van der Waals surface area contributed by atoms with Gasteiger partial charge >= 0.3 is 5.69 Å². The Kier molecular flexibility index (Phi) is 6.91. The number of sulfonamides is 1. The number of aryl methyl sites for hydroxylation is 1. The van der Waals surface area contributed by atoms with Crippen molar-refractivity contribution in [1.82, 2.24) is 4.31 Å². The first kappa shape index (κ1) is 22.7. The number of para-hydroxylation sites is 1. The van der Waals surface area contributed by atoms with Crippen LogP contribution in [0.15, 0.2) is 47.4 Å². The Balaban J connectivity index is 1.81. The molecule has 1 aliphatic rings. The lowest BCUT2D eigenvalue weighted by atomic mass is 10.0. The third kappa shape index (κ3) is 4.70. The van der Waals surface area contributed by atoms with Crippen molar-refractivity contribution in [3.63, 3.8) is 0 Å². The van der Waals surface area contributed by atoms with Gasteiger partial charge in [0.15, 0.2) is 12.4 Å². The summed E-state index contributed by atoms with van der Waals surface area (Å²) in [5.74, 6) is -0.469. The fourth-order valence-corrected chi connectivity index (χ4v) is 5.12. The van der Waals surface area contributed by atoms with E-state index in [1.807, 2.05) is 24.3 Å². The third-order valence-electron chi connectivity index (χ3n) is 5.23. The van der Waals surface area contributed by atoms with Crippen LogP contribution in [0.4, 0.5) is 11.4 Å². The van der Waals surface area contributed by atoms with Crippen molar-refractivity contribution < 1.29 is 22.9 Å². The molecule has 0 aliphatic carbocycles. The number of carbonyl (C=O) groups is 1. The van der Waals surface area contributed by atoms with Crippen LogP contribution in [0.1, 0.15) is 25.8 Å². The lowest BCUT2D eigenvalue weighted by Crippen LogP contribution is -2.38. The molecule has 0 bridgehead atoms. The summed E-state index contributed by atoms with van der Waals surface area (Å²) < 4.78 is 32.0. The fourth-order valence-electron chi connectivity index (χ4n) is 3.65. The summed E-state index contributed by atoms with van der Waals surface area (Å²) in [7, 11) is -3.86. The molecule has 1 aliphatic heterocycles. The van der Waals surface area contributed by atoms with Crippen LogP contribution in [-0.4, -0.2) is 49.8 Å². The van der Waals surface area contributed by atoms with Gasteiger partial charge in [0.2, 0.25) is 10.0 Å². The molecule has 1 heterocycles. The standard InChI is InChI=1S/C21H25N3O6S/c1-3-22(4-2)31(28,29)17-11-12-20(19(14-17)24(26)27)30-15-21(25)23-13-7-9-16-8-5-6-10-18(16)23/h5-6,8,10-12,14H,3-4,7,9,13,15H2,1-2H3. The Morgan fingerprint density at radius 2 is 1.90 bits per heavy atom. The first-order chi connectivity index (χ1) is 14.8. The van der Waals surface area contributed by atoms with E-state index in [1.54, 1.807) is 18.7 Å². The van der Waals surface area contributed by atoms with Gasteiger partial charge in [0.25, 0.3) is 5.91 Å². The summed E-state index contributed by atoms with van der Waals surface area (Å²) >= 11 is 0. The molecule has 0 atom stereocenters. The topological polar surface area (TPSA) is 110 Å². The monoisotopic (exact) mass is 447 g/mol. The van der Waals surface area contributed by atoms with Crippen LogP contribution in [-0.2, 0) is 21.2 Å². The zero-order chi connectivity index (χ0) is 22.6. The van der Waals surface area contributed by atoms with Crippen LogP contribution in [0.3, 0.4) is 0 Å². The highest BCUT2D eigenvalue weighted by molar-refractivity contribution is 7.89. The summed E-state index contributed by atoms with van der Waals surface area (Å²) in [4.78, 5) is 25.0. The average Bonchev–Trinajstić information content (AvgIpc) is 2.77. The number of anilines is 1. The van der Waals surface area contributed by atoms with Crippen molar-refractivity contribution in [3.8, 4) is 5.75 Å². The molecule has 1 amide bonds. The number of carbonyl (C=O) groups excluding carboxylic acids is 1. The highest BCUT2D eigenvalue weighted by atomic mass is 32.2.